The van der Waals surface area contributed by atoms with Gasteiger partial charge in [0.05, 0.1) is 18.2 Å². The second kappa shape index (κ2) is 13.7. The lowest BCUT2D eigenvalue weighted by Gasteiger charge is -2.46. The minimum absolute atomic E-state index is 0.122. The molecule has 0 radical (unpaired) electrons. The van der Waals surface area contributed by atoms with Crippen molar-refractivity contribution < 1.29 is 6.85 Å². The van der Waals surface area contributed by atoms with Crippen LogP contribution in [0.1, 0.15) is 52.1 Å². The van der Waals surface area contributed by atoms with E-state index in [2.05, 4.69) is 103 Å². The van der Waals surface area contributed by atoms with Crippen LogP contribution in [0.25, 0.3) is 33.9 Å². The SMILES string of the molecule is [2H]c1c([2H])c([2H])c([Si](c2ccccc2)(c2ccccc2)c2cccc3c2C2c4ccccc4C3c3cccc(-c4cc(-c5ccccc5)nc(-c5ccccc5)n4)c32)c([2H])c1[2H]. The average molecular weight is 748 g/mol. The Labute approximate surface area is 341 Å². The van der Waals surface area contributed by atoms with Crippen molar-refractivity contribution in [2.45, 2.75) is 11.8 Å². The Morgan fingerprint density at radius 2 is 0.912 bits per heavy atom. The van der Waals surface area contributed by atoms with E-state index < -0.39 is 14.1 Å². The molecule has 3 heteroatoms. The van der Waals surface area contributed by atoms with Crippen LogP contribution in [0.5, 0.6) is 0 Å². The Hall–Kier alpha value is -6.94. The van der Waals surface area contributed by atoms with Crippen LogP contribution in [-0.4, -0.2) is 18.0 Å². The molecule has 3 aliphatic rings. The molecular weight excluding hydrogens is 705 g/mol. The van der Waals surface area contributed by atoms with Gasteiger partial charge < -0.3 is 0 Å². The lowest BCUT2D eigenvalue weighted by atomic mass is 9.60. The van der Waals surface area contributed by atoms with Gasteiger partial charge in [-0.1, -0.05) is 212 Å². The van der Waals surface area contributed by atoms with E-state index in [1.54, 1.807) is 0 Å². The van der Waals surface area contributed by atoms with Gasteiger partial charge in [0.2, 0.25) is 0 Å². The monoisotopic (exact) mass is 747 g/mol. The van der Waals surface area contributed by atoms with Crippen molar-refractivity contribution in [1.29, 1.82) is 0 Å². The minimum Gasteiger partial charge on any atom is -0.228 e. The van der Waals surface area contributed by atoms with Gasteiger partial charge in [0, 0.05) is 28.5 Å². The standard InChI is InChI=1S/C54H38N2Si/c1-6-20-37(21-7-1)47-36-48(56-54(55-47)38-22-8-2-9-23-38)44-32-18-33-45-50-42-30-16-17-31-43(42)53(51(44)45)52-46(50)34-19-35-49(52)57(39-24-10-3-11-25-39,40-26-12-4-13-27-40)41-28-14-5-15-29-41/h1-36,50,53H/i3D,10D,11D,24D,25D. The molecule has 0 saturated carbocycles. The molecule has 0 spiro atoms. The van der Waals surface area contributed by atoms with Gasteiger partial charge >= 0.3 is 0 Å². The van der Waals surface area contributed by atoms with Gasteiger partial charge in [0.15, 0.2) is 13.9 Å². The number of hydrogen-bond donors (Lipinski definition) is 0. The Morgan fingerprint density at radius 1 is 0.404 bits per heavy atom. The Kier molecular flexibility index (Phi) is 6.82. The molecule has 8 aromatic carbocycles. The molecule has 2 bridgehead atoms. The third-order valence-corrected chi connectivity index (χ3v) is 16.5. The van der Waals surface area contributed by atoms with Crippen LogP contribution in [-0.2, 0) is 0 Å². The molecule has 9 aromatic rings. The molecule has 2 unspecified atom stereocenters. The molecule has 268 valence electrons. The van der Waals surface area contributed by atoms with Crippen LogP contribution in [0.2, 0.25) is 0 Å². The fraction of sp³-hybridized carbons (Fsp3) is 0.0370. The minimum atomic E-state index is -3.76. The van der Waals surface area contributed by atoms with Crippen molar-refractivity contribution in [3.8, 4) is 33.9 Å². The molecule has 2 atom stereocenters. The average Bonchev–Trinajstić information content (AvgIpc) is 3.34. The Balaban J connectivity index is 1.26. The van der Waals surface area contributed by atoms with Crippen LogP contribution in [0.3, 0.4) is 0 Å². The van der Waals surface area contributed by atoms with E-state index in [9.17, 15) is 2.74 Å². The van der Waals surface area contributed by atoms with Gasteiger partial charge in [-0.25, -0.2) is 9.97 Å². The first-order valence-corrected chi connectivity index (χ1v) is 21.4. The van der Waals surface area contributed by atoms with Crippen molar-refractivity contribution in [3.05, 3.63) is 252 Å². The summed E-state index contributed by atoms with van der Waals surface area (Å²) < 4.78 is 46.2. The zero-order valence-corrected chi connectivity index (χ0v) is 31.9. The second-order valence-corrected chi connectivity index (χ2v) is 18.5. The summed E-state index contributed by atoms with van der Waals surface area (Å²) >= 11 is 0. The molecule has 1 heterocycles. The molecule has 12 rings (SSSR count). The third-order valence-electron chi connectivity index (χ3n) is 11.9. The number of rotatable bonds is 7. The van der Waals surface area contributed by atoms with Crippen LogP contribution in [0.4, 0.5) is 0 Å². The molecule has 57 heavy (non-hydrogen) atoms. The Morgan fingerprint density at radius 3 is 1.56 bits per heavy atom. The maximum Gasteiger partial charge on any atom is 0.179 e. The molecule has 0 aliphatic heterocycles. The summed E-state index contributed by atoms with van der Waals surface area (Å²) in [4.78, 5) is 10.5. The van der Waals surface area contributed by atoms with Crippen molar-refractivity contribution in [3.63, 3.8) is 0 Å². The molecule has 0 saturated heterocycles. The summed E-state index contributed by atoms with van der Waals surface area (Å²) in [6, 6.07) is 63.2. The van der Waals surface area contributed by atoms with Gasteiger partial charge in [0.1, 0.15) is 0 Å². The predicted octanol–water partition coefficient (Wildman–Crippen LogP) is 9.84. The summed E-state index contributed by atoms with van der Waals surface area (Å²) in [5.74, 6) is 0.249. The summed E-state index contributed by atoms with van der Waals surface area (Å²) in [6.07, 6.45) is 0. The topological polar surface area (TPSA) is 25.8 Å². The lowest BCUT2D eigenvalue weighted by Crippen LogP contribution is -2.75. The molecule has 3 aliphatic carbocycles. The first kappa shape index (κ1) is 28.5. The van der Waals surface area contributed by atoms with Crippen molar-refractivity contribution in [1.82, 2.24) is 9.97 Å². The summed E-state index contributed by atoms with van der Waals surface area (Å²) in [7, 11) is -3.76. The van der Waals surface area contributed by atoms with Crippen molar-refractivity contribution in [2.24, 2.45) is 0 Å². The molecular formula is C54H38N2Si. The van der Waals surface area contributed by atoms with E-state index in [1.165, 1.54) is 22.3 Å². The zero-order chi connectivity index (χ0) is 42.1. The maximum atomic E-state index is 9.69. The number of aromatic nitrogens is 2. The van der Waals surface area contributed by atoms with Gasteiger partial charge in [-0.05, 0) is 60.2 Å². The number of nitrogens with zero attached hydrogens (tertiary/aromatic N) is 2. The Bertz CT molecular complexity index is 3070. The predicted molar refractivity (Wildman–Crippen MR) is 237 cm³/mol. The lowest BCUT2D eigenvalue weighted by molar-refractivity contribution is 0.759. The zero-order valence-electron chi connectivity index (χ0n) is 35.9. The highest BCUT2D eigenvalue weighted by Gasteiger charge is 2.49. The number of benzene rings is 8. The highest BCUT2D eigenvalue weighted by molar-refractivity contribution is 7.20. The van der Waals surface area contributed by atoms with Gasteiger partial charge in [-0.15, -0.1) is 0 Å². The van der Waals surface area contributed by atoms with E-state index in [0.29, 0.717) is 11.0 Å². The molecule has 0 fully saturated rings. The van der Waals surface area contributed by atoms with Gasteiger partial charge in [-0.3, -0.25) is 0 Å². The number of hydrogen-bond acceptors (Lipinski definition) is 2. The summed E-state index contributed by atoms with van der Waals surface area (Å²) in [5.41, 5.74) is 11.7. The van der Waals surface area contributed by atoms with E-state index >= 15 is 0 Å². The van der Waals surface area contributed by atoms with E-state index in [4.69, 9.17) is 14.1 Å². The van der Waals surface area contributed by atoms with E-state index in [1.807, 2.05) is 84.9 Å². The van der Waals surface area contributed by atoms with E-state index in [0.717, 1.165) is 54.8 Å². The van der Waals surface area contributed by atoms with Crippen LogP contribution >= 0.6 is 0 Å². The smallest absolute Gasteiger partial charge is 0.179 e. The third kappa shape index (κ3) is 5.23. The maximum absolute atomic E-state index is 9.69. The van der Waals surface area contributed by atoms with Gasteiger partial charge in [-0.2, -0.15) is 0 Å². The first-order chi connectivity index (χ1) is 30.4. The molecule has 1 aromatic heterocycles. The molecule has 0 amide bonds. The van der Waals surface area contributed by atoms with Crippen molar-refractivity contribution >= 4 is 28.8 Å². The largest absolute Gasteiger partial charge is 0.228 e. The fourth-order valence-corrected chi connectivity index (χ4v) is 14.4. The molecule has 0 N–H and O–H groups in total. The highest BCUT2D eigenvalue weighted by Crippen LogP contribution is 2.57. The fourth-order valence-electron chi connectivity index (χ4n) is 9.63. The highest BCUT2D eigenvalue weighted by atomic mass is 28.3. The van der Waals surface area contributed by atoms with Crippen molar-refractivity contribution in [2.75, 3.05) is 0 Å². The molecule has 2 nitrogen and oxygen atoms in total. The van der Waals surface area contributed by atoms with Crippen LogP contribution in [0, 0.1) is 0 Å². The summed E-state index contributed by atoms with van der Waals surface area (Å²) in [5, 5.41) is 3.25. The second-order valence-electron chi connectivity index (χ2n) is 14.8. The van der Waals surface area contributed by atoms with Crippen LogP contribution < -0.4 is 20.7 Å². The van der Waals surface area contributed by atoms with Crippen LogP contribution in [0.15, 0.2) is 218 Å². The quantitative estimate of drug-likeness (QED) is 0.120. The summed E-state index contributed by atoms with van der Waals surface area (Å²) in [6.45, 7) is 0. The van der Waals surface area contributed by atoms with E-state index in [-0.39, 0.29) is 36.0 Å². The normalized spacial score (nSPS) is 16.2. The van der Waals surface area contributed by atoms with Gasteiger partial charge in [0.25, 0.3) is 0 Å². The first-order valence-electron chi connectivity index (χ1n) is 21.9.